The van der Waals surface area contributed by atoms with Crippen molar-refractivity contribution in [3.8, 4) is 0 Å². The van der Waals surface area contributed by atoms with Crippen LogP contribution in [0, 0.1) is 0 Å². The molecule has 3 rings (SSSR count). The molecule has 1 aromatic heterocycles. The van der Waals surface area contributed by atoms with Crippen LogP contribution in [0.2, 0.25) is 0 Å². The maximum Gasteiger partial charge on any atom is 0.166 e. The fraction of sp³-hybridized carbons (Fsp3) is 0.688. The van der Waals surface area contributed by atoms with Crippen LogP contribution in [0.25, 0.3) is 0 Å². The smallest absolute Gasteiger partial charge is 0.166 e. The third kappa shape index (κ3) is 3.14. The van der Waals surface area contributed by atoms with Gasteiger partial charge in [0, 0.05) is 19.2 Å². The van der Waals surface area contributed by atoms with Crippen LogP contribution in [0.15, 0.2) is 6.20 Å². The summed E-state index contributed by atoms with van der Waals surface area (Å²) in [6.45, 7) is 3.13. The molecule has 0 bridgehead atoms. The summed E-state index contributed by atoms with van der Waals surface area (Å²) in [4.78, 5) is 26.1. The number of nitrogens with zero attached hydrogens (tertiary/aromatic N) is 4. The molecule has 21 heavy (non-hydrogen) atoms. The van der Waals surface area contributed by atoms with E-state index in [-0.39, 0.29) is 11.8 Å². The Kier molecular flexibility index (Phi) is 4.31. The lowest BCUT2D eigenvalue weighted by atomic mass is 10.1. The van der Waals surface area contributed by atoms with E-state index in [1.54, 1.807) is 6.20 Å². The van der Waals surface area contributed by atoms with Gasteiger partial charge in [0.15, 0.2) is 5.78 Å². The van der Waals surface area contributed by atoms with Crippen molar-refractivity contribution in [3.05, 3.63) is 23.3 Å². The van der Waals surface area contributed by atoms with E-state index in [9.17, 15) is 4.79 Å². The maximum absolute atomic E-state index is 12.1. The summed E-state index contributed by atoms with van der Waals surface area (Å²) in [6, 6.07) is 0.223. The number of likely N-dealkylation sites (N-methyl/N-ethyl adjacent to an activating group) is 2. The Morgan fingerprint density at radius 1 is 1.14 bits per heavy atom. The van der Waals surface area contributed by atoms with Gasteiger partial charge in [0.25, 0.3) is 0 Å². The zero-order valence-corrected chi connectivity index (χ0v) is 13.0. The molecule has 0 amide bonds. The molecule has 0 N–H and O–H groups in total. The molecule has 114 valence electrons. The first-order valence-electron chi connectivity index (χ1n) is 7.93. The van der Waals surface area contributed by atoms with E-state index < -0.39 is 0 Å². The van der Waals surface area contributed by atoms with E-state index >= 15 is 0 Å². The molecule has 2 heterocycles. The van der Waals surface area contributed by atoms with E-state index in [1.807, 2.05) is 0 Å². The zero-order valence-electron chi connectivity index (χ0n) is 13.0. The van der Waals surface area contributed by atoms with Crippen molar-refractivity contribution in [2.75, 3.05) is 33.7 Å². The molecule has 1 saturated heterocycles. The molecule has 1 aromatic rings. The van der Waals surface area contributed by atoms with Crippen LogP contribution in [0.4, 0.5) is 0 Å². The number of hydrogen-bond donors (Lipinski definition) is 0. The zero-order chi connectivity index (χ0) is 14.8. The van der Waals surface area contributed by atoms with Crippen molar-refractivity contribution in [3.63, 3.8) is 0 Å². The number of rotatable bonds is 1. The Morgan fingerprint density at radius 2 is 1.95 bits per heavy atom. The number of aromatic nitrogens is 2. The summed E-state index contributed by atoms with van der Waals surface area (Å²) >= 11 is 0. The minimum absolute atomic E-state index is 0.209. The standard InChI is InChI=1S/C16H24N4O/c1-19-8-5-9-20(2)14(11-19)16-17-10-12-13(18-16)6-3-4-7-15(12)21/h10,14H,3-9,11H2,1-2H3. The van der Waals surface area contributed by atoms with E-state index in [2.05, 4.69) is 28.9 Å². The Labute approximate surface area is 126 Å². The number of ketones is 1. The average molecular weight is 288 g/mol. The van der Waals surface area contributed by atoms with Crippen LogP contribution in [0.3, 0.4) is 0 Å². The highest BCUT2D eigenvalue weighted by Crippen LogP contribution is 2.24. The van der Waals surface area contributed by atoms with Gasteiger partial charge in [-0.2, -0.15) is 0 Å². The molecule has 1 atom stereocenters. The SMILES string of the molecule is CN1CCCN(C)C(c2ncc3c(n2)CCCCC3=O)C1. The van der Waals surface area contributed by atoms with Crippen molar-refractivity contribution in [2.45, 2.75) is 38.1 Å². The summed E-state index contributed by atoms with van der Waals surface area (Å²) in [5, 5.41) is 0. The molecular weight excluding hydrogens is 264 g/mol. The summed E-state index contributed by atoms with van der Waals surface area (Å²) < 4.78 is 0. The third-order valence-corrected chi connectivity index (χ3v) is 4.62. The van der Waals surface area contributed by atoms with Gasteiger partial charge in [0.2, 0.25) is 0 Å². The topological polar surface area (TPSA) is 49.3 Å². The van der Waals surface area contributed by atoms with E-state index in [0.717, 1.165) is 56.0 Å². The third-order valence-electron chi connectivity index (χ3n) is 4.62. The van der Waals surface area contributed by atoms with Crippen LogP contribution in [0.5, 0.6) is 0 Å². The number of carbonyl (C=O) groups excluding carboxylic acids is 1. The largest absolute Gasteiger partial charge is 0.304 e. The van der Waals surface area contributed by atoms with Crippen molar-refractivity contribution in [1.82, 2.24) is 19.8 Å². The highest BCUT2D eigenvalue weighted by molar-refractivity contribution is 5.97. The van der Waals surface area contributed by atoms with Gasteiger partial charge in [-0.05, 0) is 52.9 Å². The predicted molar refractivity (Wildman–Crippen MR) is 81.4 cm³/mol. The first-order chi connectivity index (χ1) is 10.1. The summed E-state index contributed by atoms with van der Waals surface area (Å²) in [6.07, 6.45) is 6.51. The number of Topliss-reactive ketones (excluding diaryl/α,β-unsaturated/α-hetero) is 1. The normalized spacial score (nSPS) is 25.2. The molecule has 1 aliphatic heterocycles. The fourth-order valence-electron chi connectivity index (χ4n) is 3.28. The van der Waals surface area contributed by atoms with Crippen molar-refractivity contribution < 1.29 is 4.79 Å². The first kappa shape index (κ1) is 14.6. The number of carbonyl (C=O) groups is 1. The van der Waals surface area contributed by atoms with Gasteiger partial charge < -0.3 is 4.90 Å². The van der Waals surface area contributed by atoms with Gasteiger partial charge in [0.1, 0.15) is 5.82 Å². The van der Waals surface area contributed by atoms with Crippen molar-refractivity contribution >= 4 is 5.78 Å². The highest BCUT2D eigenvalue weighted by Gasteiger charge is 2.26. The van der Waals surface area contributed by atoms with Crippen LogP contribution >= 0.6 is 0 Å². The summed E-state index contributed by atoms with van der Waals surface area (Å²) in [5.41, 5.74) is 1.71. The molecule has 5 nitrogen and oxygen atoms in total. The van der Waals surface area contributed by atoms with Gasteiger partial charge in [0.05, 0.1) is 17.3 Å². The second-order valence-corrected chi connectivity index (χ2v) is 6.33. The van der Waals surface area contributed by atoms with Gasteiger partial charge in [-0.3, -0.25) is 9.69 Å². The second kappa shape index (κ2) is 6.20. The van der Waals surface area contributed by atoms with Gasteiger partial charge >= 0.3 is 0 Å². The Balaban J connectivity index is 1.91. The molecule has 5 heteroatoms. The number of fused-ring (bicyclic) bond motifs is 1. The lowest BCUT2D eigenvalue weighted by Gasteiger charge is -2.26. The van der Waals surface area contributed by atoms with Crippen molar-refractivity contribution in [1.29, 1.82) is 0 Å². The number of hydrogen-bond acceptors (Lipinski definition) is 5. The first-order valence-corrected chi connectivity index (χ1v) is 7.93. The van der Waals surface area contributed by atoms with Crippen LogP contribution in [0.1, 0.15) is 53.6 Å². The molecule has 1 aliphatic carbocycles. The monoisotopic (exact) mass is 288 g/mol. The van der Waals surface area contributed by atoms with E-state index in [0.29, 0.717) is 6.42 Å². The van der Waals surface area contributed by atoms with Crippen LogP contribution < -0.4 is 0 Å². The Morgan fingerprint density at radius 3 is 2.81 bits per heavy atom. The van der Waals surface area contributed by atoms with Gasteiger partial charge in [-0.25, -0.2) is 9.97 Å². The average Bonchev–Trinajstić information content (AvgIpc) is 2.75. The lowest BCUT2D eigenvalue weighted by Crippen LogP contribution is -2.32. The molecule has 0 aromatic carbocycles. The van der Waals surface area contributed by atoms with Crippen LogP contribution in [-0.4, -0.2) is 59.3 Å². The molecule has 0 radical (unpaired) electrons. The van der Waals surface area contributed by atoms with Crippen molar-refractivity contribution in [2.24, 2.45) is 0 Å². The molecule has 1 fully saturated rings. The van der Waals surface area contributed by atoms with E-state index in [4.69, 9.17) is 4.98 Å². The Hall–Kier alpha value is -1.33. The maximum atomic E-state index is 12.1. The lowest BCUT2D eigenvalue weighted by molar-refractivity contribution is 0.0981. The van der Waals surface area contributed by atoms with Gasteiger partial charge in [-0.15, -0.1) is 0 Å². The minimum atomic E-state index is 0.209. The van der Waals surface area contributed by atoms with E-state index in [1.165, 1.54) is 6.42 Å². The molecular formula is C16H24N4O. The Bertz CT molecular complexity index is 531. The molecule has 0 spiro atoms. The highest BCUT2D eigenvalue weighted by atomic mass is 16.1. The summed E-state index contributed by atoms with van der Waals surface area (Å²) in [7, 11) is 4.29. The fourth-order valence-corrected chi connectivity index (χ4v) is 3.28. The molecule has 1 unspecified atom stereocenters. The number of aryl methyl sites for hydroxylation is 1. The molecule has 0 saturated carbocycles. The quantitative estimate of drug-likeness (QED) is 0.736. The van der Waals surface area contributed by atoms with Gasteiger partial charge in [-0.1, -0.05) is 0 Å². The summed E-state index contributed by atoms with van der Waals surface area (Å²) in [5.74, 6) is 1.08. The van der Waals surface area contributed by atoms with Crippen LogP contribution in [-0.2, 0) is 6.42 Å². The predicted octanol–water partition coefficient (Wildman–Crippen LogP) is 1.69. The minimum Gasteiger partial charge on any atom is -0.304 e. The molecule has 2 aliphatic rings. The second-order valence-electron chi connectivity index (χ2n) is 6.33.